The largest absolute Gasteiger partial charge is 0.454 e. The molecule has 34 heavy (non-hydrogen) atoms. The minimum Gasteiger partial charge on any atom is -0.454 e. The number of ether oxygens (including phenoxy) is 2. The van der Waals surface area contributed by atoms with Crippen molar-refractivity contribution in [1.29, 1.82) is 0 Å². The van der Waals surface area contributed by atoms with E-state index >= 15 is 0 Å². The number of halogens is 1. The molecule has 2 heterocycles. The van der Waals surface area contributed by atoms with Crippen molar-refractivity contribution in [1.82, 2.24) is 4.57 Å². The number of anilines is 1. The molecule has 0 radical (unpaired) electrons. The van der Waals surface area contributed by atoms with Gasteiger partial charge in [-0.25, -0.2) is 8.42 Å². The van der Waals surface area contributed by atoms with Crippen LogP contribution in [0.4, 0.5) is 5.69 Å². The van der Waals surface area contributed by atoms with E-state index in [1.807, 2.05) is 0 Å². The number of carbonyl (C=O) groups excluding carboxylic acids is 1. The summed E-state index contributed by atoms with van der Waals surface area (Å²) in [5, 5.41) is 3.12. The average Bonchev–Trinajstić information content (AvgIpc) is 3.29. The molecular weight excluding hydrogens is 480 g/mol. The van der Waals surface area contributed by atoms with Crippen LogP contribution in [-0.4, -0.2) is 25.7 Å². The van der Waals surface area contributed by atoms with Crippen LogP contribution in [0.1, 0.15) is 0 Å². The molecule has 0 unspecified atom stereocenters. The first kappa shape index (κ1) is 22.0. The van der Waals surface area contributed by atoms with Crippen LogP contribution in [0.25, 0.3) is 10.9 Å². The number of pyridine rings is 1. The van der Waals surface area contributed by atoms with Gasteiger partial charge < -0.3 is 19.4 Å². The zero-order valence-electron chi connectivity index (χ0n) is 17.5. The Morgan fingerprint density at radius 1 is 1.00 bits per heavy atom. The molecule has 0 saturated carbocycles. The van der Waals surface area contributed by atoms with Crippen LogP contribution in [0.5, 0.6) is 11.5 Å². The van der Waals surface area contributed by atoms with Crippen molar-refractivity contribution in [3.8, 4) is 11.5 Å². The fourth-order valence-electron chi connectivity index (χ4n) is 3.72. The summed E-state index contributed by atoms with van der Waals surface area (Å²) in [5.74, 6) is 0.663. The molecule has 10 heteroatoms. The third kappa shape index (κ3) is 4.00. The SMILES string of the molecule is O=C(Cn1cc(S(=O)(=O)c2ccccc2)c(=O)c2cc(Cl)ccc21)Nc1ccc2c(c1)OCO2. The third-order valence-electron chi connectivity index (χ3n) is 5.32. The highest BCUT2D eigenvalue weighted by Gasteiger charge is 2.24. The normalized spacial score (nSPS) is 12.6. The lowest BCUT2D eigenvalue weighted by Crippen LogP contribution is -2.24. The zero-order chi connectivity index (χ0) is 23.9. The summed E-state index contributed by atoms with van der Waals surface area (Å²) in [6, 6.07) is 17.2. The van der Waals surface area contributed by atoms with E-state index < -0.39 is 26.1 Å². The second-order valence-electron chi connectivity index (χ2n) is 7.54. The minimum absolute atomic E-state index is 0.0233. The van der Waals surface area contributed by atoms with Crippen LogP contribution in [-0.2, 0) is 21.2 Å². The van der Waals surface area contributed by atoms with Crippen LogP contribution in [0.15, 0.2) is 87.5 Å². The number of carbonyl (C=O) groups is 1. The molecule has 3 aromatic carbocycles. The lowest BCUT2D eigenvalue weighted by Gasteiger charge is -2.14. The molecule has 0 aliphatic carbocycles. The molecular formula is C24H17ClN2O6S. The second-order valence-corrected chi connectivity index (χ2v) is 9.90. The van der Waals surface area contributed by atoms with Crippen molar-refractivity contribution in [3.05, 3.63) is 88.2 Å². The van der Waals surface area contributed by atoms with E-state index in [4.69, 9.17) is 21.1 Å². The summed E-state index contributed by atoms with van der Waals surface area (Å²) in [4.78, 5) is 25.5. The lowest BCUT2D eigenvalue weighted by molar-refractivity contribution is -0.116. The minimum atomic E-state index is -4.14. The summed E-state index contributed by atoms with van der Waals surface area (Å²) in [6.45, 7) is -0.137. The number of hydrogen-bond acceptors (Lipinski definition) is 6. The number of nitrogens with zero attached hydrogens (tertiary/aromatic N) is 1. The first-order valence-electron chi connectivity index (χ1n) is 10.2. The highest BCUT2D eigenvalue weighted by Crippen LogP contribution is 2.34. The van der Waals surface area contributed by atoms with Crippen molar-refractivity contribution in [2.75, 3.05) is 12.1 Å². The van der Waals surface area contributed by atoms with Crippen LogP contribution in [0, 0.1) is 0 Å². The maximum Gasteiger partial charge on any atom is 0.244 e. The first-order chi connectivity index (χ1) is 16.3. The summed E-state index contributed by atoms with van der Waals surface area (Å²) in [7, 11) is -4.14. The molecule has 1 aliphatic rings. The summed E-state index contributed by atoms with van der Waals surface area (Å²) < 4.78 is 38.5. The lowest BCUT2D eigenvalue weighted by atomic mass is 10.2. The molecule has 0 bridgehead atoms. The van der Waals surface area contributed by atoms with E-state index in [0.717, 1.165) is 0 Å². The summed E-state index contributed by atoms with van der Waals surface area (Å²) >= 11 is 6.09. The molecule has 0 fully saturated rings. The standard InChI is InChI=1S/C24H17ClN2O6S/c25-15-6-8-19-18(10-15)24(29)22(34(30,31)17-4-2-1-3-5-17)12-27(19)13-23(28)26-16-7-9-20-21(11-16)33-14-32-20/h1-12H,13-14H2,(H,26,28). The quantitative estimate of drug-likeness (QED) is 0.450. The van der Waals surface area contributed by atoms with Crippen LogP contribution >= 0.6 is 11.6 Å². The first-order valence-corrected chi connectivity index (χ1v) is 12.0. The van der Waals surface area contributed by atoms with Gasteiger partial charge in [-0.1, -0.05) is 29.8 Å². The number of rotatable bonds is 5. The summed E-state index contributed by atoms with van der Waals surface area (Å²) in [5.41, 5.74) is 0.177. The van der Waals surface area contributed by atoms with Crippen molar-refractivity contribution in [3.63, 3.8) is 0 Å². The van der Waals surface area contributed by atoms with Gasteiger partial charge in [-0.3, -0.25) is 9.59 Å². The number of nitrogens with one attached hydrogen (secondary N) is 1. The molecule has 0 atom stereocenters. The zero-order valence-corrected chi connectivity index (χ0v) is 19.1. The van der Waals surface area contributed by atoms with E-state index in [2.05, 4.69) is 5.32 Å². The van der Waals surface area contributed by atoms with Crippen molar-refractivity contribution in [2.45, 2.75) is 16.3 Å². The Morgan fingerprint density at radius 3 is 2.56 bits per heavy atom. The molecule has 4 aromatic rings. The molecule has 172 valence electrons. The Morgan fingerprint density at radius 2 is 1.76 bits per heavy atom. The predicted octanol–water partition coefficient (Wildman–Crippen LogP) is 3.86. The van der Waals surface area contributed by atoms with E-state index in [1.54, 1.807) is 48.5 Å². The Labute approximate surface area is 199 Å². The van der Waals surface area contributed by atoms with Gasteiger partial charge in [-0.05, 0) is 42.5 Å². The molecule has 1 aliphatic heterocycles. The molecule has 1 amide bonds. The monoisotopic (exact) mass is 496 g/mol. The molecule has 0 spiro atoms. The Hall–Kier alpha value is -3.82. The van der Waals surface area contributed by atoms with Crippen LogP contribution < -0.4 is 20.2 Å². The highest BCUT2D eigenvalue weighted by atomic mass is 35.5. The van der Waals surface area contributed by atoms with Gasteiger partial charge in [0.15, 0.2) is 11.5 Å². The number of aromatic nitrogens is 1. The number of amides is 1. The van der Waals surface area contributed by atoms with Crippen LogP contribution in [0.2, 0.25) is 5.02 Å². The second kappa shape index (κ2) is 8.51. The topological polar surface area (TPSA) is 104 Å². The van der Waals surface area contributed by atoms with Gasteiger partial charge in [-0.15, -0.1) is 0 Å². The summed E-state index contributed by atoms with van der Waals surface area (Å²) in [6.07, 6.45) is 1.19. The number of sulfone groups is 1. The van der Waals surface area contributed by atoms with Gasteiger partial charge in [0.1, 0.15) is 11.4 Å². The van der Waals surface area contributed by atoms with E-state index in [9.17, 15) is 18.0 Å². The molecule has 5 rings (SSSR count). The van der Waals surface area contributed by atoms with Crippen molar-refractivity contribution in [2.24, 2.45) is 0 Å². The van der Waals surface area contributed by atoms with Gasteiger partial charge >= 0.3 is 0 Å². The average molecular weight is 497 g/mol. The number of hydrogen-bond donors (Lipinski definition) is 1. The maximum absolute atomic E-state index is 13.2. The number of benzene rings is 3. The molecule has 8 nitrogen and oxygen atoms in total. The third-order valence-corrected chi connectivity index (χ3v) is 7.32. The smallest absolute Gasteiger partial charge is 0.244 e. The highest BCUT2D eigenvalue weighted by molar-refractivity contribution is 7.91. The van der Waals surface area contributed by atoms with Crippen molar-refractivity contribution >= 4 is 43.9 Å². The molecule has 1 N–H and O–H groups in total. The predicted molar refractivity (Wildman–Crippen MR) is 126 cm³/mol. The van der Waals surface area contributed by atoms with Gasteiger partial charge in [0.25, 0.3) is 0 Å². The number of fused-ring (bicyclic) bond motifs is 2. The molecule has 1 aromatic heterocycles. The van der Waals surface area contributed by atoms with Gasteiger partial charge in [0, 0.05) is 28.4 Å². The van der Waals surface area contributed by atoms with Crippen LogP contribution in [0.3, 0.4) is 0 Å². The fraction of sp³-hybridized carbons (Fsp3) is 0.0833. The van der Waals surface area contributed by atoms with E-state index in [-0.39, 0.29) is 28.6 Å². The Bertz CT molecular complexity index is 1600. The van der Waals surface area contributed by atoms with E-state index in [0.29, 0.717) is 22.7 Å². The van der Waals surface area contributed by atoms with E-state index in [1.165, 1.54) is 29.0 Å². The Kier molecular flexibility index (Phi) is 5.51. The van der Waals surface area contributed by atoms with Gasteiger partial charge in [0.2, 0.25) is 28.0 Å². The van der Waals surface area contributed by atoms with Gasteiger partial charge in [0.05, 0.1) is 10.4 Å². The maximum atomic E-state index is 13.2. The fourth-order valence-corrected chi connectivity index (χ4v) is 5.28. The Balaban J connectivity index is 1.56. The molecule has 0 saturated heterocycles. The van der Waals surface area contributed by atoms with Crippen molar-refractivity contribution < 1.29 is 22.7 Å². The van der Waals surface area contributed by atoms with Gasteiger partial charge in [-0.2, -0.15) is 0 Å².